The minimum Gasteiger partial charge on any atom is -0.354 e. The number of halogens is 2. The minimum absolute atomic E-state index is 0.372. The van der Waals surface area contributed by atoms with E-state index in [-0.39, 0.29) is 0 Å². The fourth-order valence-corrected chi connectivity index (χ4v) is 4.75. The van der Waals surface area contributed by atoms with Crippen LogP contribution in [0, 0.1) is 11.6 Å². The molecule has 0 radical (unpaired) electrons. The lowest BCUT2D eigenvalue weighted by atomic mass is 10.1. The van der Waals surface area contributed by atoms with Gasteiger partial charge < -0.3 is 4.90 Å². The summed E-state index contributed by atoms with van der Waals surface area (Å²) in [5, 5.41) is 7.30. The average Bonchev–Trinajstić information content (AvgIpc) is 3.21. The number of aromatic nitrogens is 3. The van der Waals surface area contributed by atoms with Crippen LogP contribution in [-0.4, -0.2) is 42.7 Å². The monoisotopic (exact) mass is 419 g/mol. The maximum Gasteiger partial charge on any atom is 0.243 e. The lowest BCUT2D eigenvalue weighted by Gasteiger charge is -2.33. The third kappa shape index (κ3) is 4.28. The fourth-order valence-electron chi connectivity index (χ4n) is 3.40. The fraction of sp³-hybridized carbons (Fsp3) is 0.263. The van der Waals surface area contributed by atoms with Gasteiger partial charge in [-0.2, -0.15) is 5.10 Å². The minimum atomic E-state index is -4.18. The van der Waals surface area contributed by atoms with E-state index in [9.17, 15) is 17.2 Å². The molecule has 1 fully saturated rings. The summed E-state index contributed by atoms with van der Waals surface area (Å²) in [6.45, 7) is 1.09. The first-order valence-corrected chi connectivity index (χ1v) is 10.6. The second-order valence-corrected chi connectivity index (χ2v) is 8.54. The summed E-state index contributed by atoms with van der Waals surface area (Å²) in [6, 6.07) is 7.54. The van der Waals surface area contributed by atoms with E-state index in [2.05, 4.69) is 19.9 Å². The van der Waals surface area contributed by atoms with Crippen molar-refractivity contribution in [1.82, 2.24) is 19.9 Å². The van der Waals surface area contributed by atoms with Crippen LogP contribution in [0.1, 0.15) is 12.8 Å². The molecule has 1 aliphatic heterocycles. The van der Waals surface area contributed by atoms with Crippen LogP contribution in [0.5, 0.6) is 0 Å². The number of benzene rings is 1. The zero-order chi connectivity index (χ0) is 20.4. The van der Waals surface area contributed by atoms with Crippen LogP contribution < -0.4 is 9.62 Å². The Morgan fingerprint density at radius 2 is 1.93 bits per heavy atom. The van der Waals surface area contributed by atoms with Crippen LogP contribution in [0.15, 0.2) is 53.7 Å². The van der Waals surface area contributed by atoms with Gasteiger partial charge in [-0.1, -0.05) is 0 Å². The number of H-pyrrole nitrogens is 1. The van der Waals surface area contributed by atoms with Gasteiger partial charge >= 0.3 is 0 Å². The number of sulfonamides is 1. The van der Waals surface area contributed by atoms with Gasteiger partial charge in [0.2, 0.25) is 10.0 Å². The highest BCUT2D eigenvalue weighted by atomic mass is 32.2. The van der Waals surface area contributed by atoms with E-state index < -0.39 is 32.6 Å². The summed E-state index contributed by atoms with van der Waals surface area (Å²) >= 11 is 0. The number of hydrogen-bond donors (Lipinski definition) is 2. The molecule has 1 saturated heterocycles. The smallest absolute Gasteiger partial charge is 0.243 e. The molecule has 0 unspecified atom stereocenters. The average molecular weight is 419 g/mol. The lowest BCUT2D eigenvalue weighted by Crippen LogP contribution is -2.48. The summed E-state index contributed by atoms with van der Waals surface area (Å²) < 4.78 is 54.9. The van der Waals surface area contributed by atoms with Crippen molar-refractivity contribution in [3.8, 4) is 11.3 Å². The predicted molar refractivity (Wildman–Crippen MR) is 104 cm³/mol. The van der Waals surface area contributed by atoms with Crippen LogP contribution in [0.4, 0.5) is 14.6 Å². The Morgan fingerprint density at radius 1 is 1.14 bits per heavy atom. The Kier molecular flexibility index (Phi) is 5.29. The van der Waals surface area contributed by atoms with Gasteiger partial charge in [-0.3, -0.25) is 10.1 Å². The molecule has 10 heteroatoms. The zero-order valence-corrected chi connectivity index (χ0v) is 16.2. The van der Waals surface area contributed by atoms with Gasteiger partial charge in [-0.15, -0.1) is 0 Å². The Bertz CT molecular complexity index is 1100. The van der Waals surface area contributed by atoms with E-state index in [0.29, 0.717) is 31.4 Å². The quantitative estimate of drug-likeness (QED) is 0.664. The van der Waals surface area contributed by atoms with Crippen molar-refractivity contribution >= 4 is 15.8 Å². The number of pyridine rings is 1. The highest BCUT2D eigenvalue weighted by Gasteiger charge is 2.28. The van der Waals surface area contributed by atoms with Crippen molar-refractivity contribution in [2.24, 2.45) is 0 Å². The first kappa shape index (κ1) is 19.5. The summed E-state index contributed by atoms with van der Waals surface area (Å²) in [5.74, 6) is -1.10. The molecular formula is C19H19F2N5O2S. The van der Waals surface area contributed by atoms with Crippen LogP contribution >= 0.6 is 0 Å². The van der Waals surface area contributed by atoms with Gasteiger partial charge in [0.1, 0.15) is 16.5 Å². The predicted octanol–water partition coefficient (Wildman–Crippen LogP) is 2.70. The lowest BCUT2D eigenvalue weighted by molar-refractivity contribution is 0.461. The van der Waals surface area contributed by atoms with Crippen molar-refractivity contribution in [1.29, 1.82) is 0 Å². The number of aromatic amines is 1. The molecule has 29 heavy (non-hydrogen) atoms. The number of nitrogens with zero attached hydrogens (tertiary/aromatic N) is 3. The highest BCUT2D eigenvalue weighted by molar-refractivity contribution is 7.89. The highest BCUT2D eigenvalue weighted by Crippen LogP contribution is 2.24. The third-order valence-electron chi connectivity index (χ3n) is 4.81. The summed E-state index contributed by atoms with van der Waals surface area (Å²) in [6.07, 6.45) is 4.70. The molecule has 1 aromatic carbocycles. The molecule has 3 aromatic rings. The third-order valence-corrected chi connectivity index (χ3v) is 6.34. The Balaban J connectivity index is 1.49. The van der Waals surface area contributed by atoms with E-state index in [1.165, 1.54) is 0 Å². The molecule has 0 aliphatic carbocycles. The van der Waals surface area contributed by atoms with E-state index in [0.717, 1.165) is 29.8 Å². The number of rotatable bonds is 5. The first-order chi connectivity index (χ1) is 13.9. The number of hydrogen-bond acceptors (Lipinski definition) is 5. The molecule has 2 N–H and O–H groups in total. The van der Waals surface area contributed by atoms with Crippen LogP contribution in [0.25, 0.3) is 11.3 Å². The standard InChI is InChI=1S/C19H19F2N5O2S/c20-14-3-4-16(21)18(10-14)29(27,28)25-15-2-1-9-26(12-15)19-11-17(23-24-19)13-5-7-22-8-6-13/h3-8,10-11,15,25H,1-2,9,12H2,(H,23,24)/t15-/m0/s1. The maximum absolute atomic E-state index is 13.9. The van der Waals surface area contributed by atoms with E-state index in [1.54, 1.807) is 12.4 Å². The largest absolute Gasteiger partial charge is 0.354 e. The Morgan fingerprint density at radius 3 is 2.72 bits per heavy atom. The molecule has 7 nitrogen and oxygen atoms in total. The Labute approximate surface area is 166 Å². The molecule has 0 spiro atoms. The van der Waals surface area contributed by atoms with Gasteiger partial charge in [0.05, 0.1) is 5.69 Å². The molecule has 4 rings (SSSR count). The SMILES string of the molecule is O=S(=O)(N[C@H]1CCCN(c2cc(-c3ccncc3)[nH]n2)C1)c1cc(F)ccc1F. The molecular weight excluding hydrogens is 400 g/mol. The first-order valence-electron chi connectivity index (χ1n) is 9.10. The topological polar surface area (TPSA) is 91.0 Å². The molecule has 0 saturated carbocycles. The zero-order valence-electron chi connectivity index (χ0n) is 15.3. The molecule has 0 bridgehead atoms. The van der Waals surface area contributed by atoms with E-state index in [4.69, 9.17) is 0 Å². The van der Waals surface area contributed by atoms with Gasteiger partial charge in [0.15, 0.2) is 5.82 Å². The van der Waals surface area contributed by atoms with Gasteiger partial charge in [-0.05, 0) is 43.2 Å². The van der Waals surface area contributed by atoms with Crippen molar-refractivity contribution in [3.05, 3.63) is 60.4 Å². The van der Waals surface area contributed by atoms with Crippen molar-refractivity contribution in [2.45, 2.75) is 23.8 Å². The van der Waals surface area contributed by atoms with Crippen LogP contribution in [0.2, 0.25) is 0 Å². The van der Waals surface area contributed by atoms with Crippen molar-refractivity contribution in [3.63, 3.8) is 0 Å². The molecule has 1 atom stereocenters. The molecule has 2 aromatic heterocycles. The van der Waals surface area contributed by atoms with Crippen molar-refractivity contribution < 1.29 is 17.2 Å². The molecule has 1 aliphatic rings. The van der Waals surface area contributed by atoms with Gasteiger partial charge in [-0.25, -0.2) is 21.9 Å². The second kappa shape index (κ2) is 7.88. The second-order valence-electron chi connectivity index (χ2n) is 6.86. The maximum atomic E-state index is 13.9. The van der Waals surface area contributed by atoms with E-state index in [1.807, 2.05) is 23.1 Å². The summed E-state index contributed by atoms with van der Waals surface area (Å²) in [5.41, 5.74) is 1.77. The summed E-state index contributed by atoms with van der Waals surface area (Å²) in [7, 11) is -4.18. The van der Waals surface area contributed by atoms with Crippen molar-refractivity contribution in [2.75, 3.05) is 18.0 Å². The molecule has 3 heterocycles. The number of piperidine rings is 1. The van der Waals surface area contributed by atoms with Crippen LogP contribution in [0.3, 0.4) is 0 Å². The Hall–Kier alpha value is -2.85. The molecule has 0 amide bonds. The number of anilines is 1. The van der Waals surface area contributed by atoms with Gasteiger partial charge in [0.25, 0.3) is 0 Å². The number of nitrogens with one attached hydrogen (secondary N) is 2. The molecule has 152 valence electrons. The van der Waals surface area contributed by atoms with Crippen LogP contribution in [-0.2, 0) is 10.0 Å². The van der Waals surface area contributed by atoms with Gasteiger partial charge in [0, 0.05) is 43.2 Å². The summed E-state index contributed by atoms with van der Waals surface area (Å²) in [4.78, 5) is 5.26. The van der Waals surface area contributed by atoms with E-state index >= 15 is 0 Å². The normalized spacial score (nSPS) is 17.4.